The van der Waals surface area contributed by atoms with Gasteiger partial charge < -0.3 is 0 Å². The highest BCUT2D eigenvalue weighted by atomic mass is 32.2. The number of rotatable bonds is 2. The van der Waals surface area contributed by atoms with Crippen LogP contribution in [0.3, 0.4) is 0 Å². The first kappa shape index (κ1) is 16.1. The molecule has 5 nitrogen and oxygen atoms in total. The van der Waals surface area contributed by atoms with Crippen LogP contribution in [0.2, 0.25) is 0 Å². The van der Waals surface area contributed by atoms with Gasteiger partial charge in [0.15, 0.2) is 5.16 Å². The molecule has 0 aliphatic heterocycles. The van der Waals surface area contributed by atoms with Gasteiger partial charge in [-0.1, -0.05) is 30.0 Å². The van der Waals surface area contributed by atoms with E-state index < -0.39 is 0 Å². The third-order valence-electron chi connectivity index (χ3n) is 5.13. The van der Waals surface area contributed by atoms with Gasteiger partial charge in [0.2, 0.25) is 5.78 Å². The predicted octanol–water partition coefficient (Wildman–Crippen LogP) is 4.00. The van der Waals surface area contributed by atoms with E-state index in [1.165, 1.54) is 16.9 Å². The van der Waals surface area contributed by atoms with Gasteiger partial charge in [-0.2, -0.15) is 0 Å². The van der Waals surface area contributed by atoms with E-state index in [0.717, 1.165) is 45.9 Å². The number of benzene rings is 1. The Morgan fingerprint density at radius 2 is 1.96 bits per heavy atom. The van der Waals surface area contributed by atoms with Gasteiger partial charge in [-0.3, -0.25) is 4.79 Å². The molecule has 132 valence electrons. The van der Waals surface area contributed by atoms with Crippen LogP contribution in [0.5, 0.6) is 0 Å². The maximum atomic E-state index is 13.6. The van der Waals surface area contributed by atoms with Crippen molar-refractivity contribution in [1.29, 1.82) is 0 Å². The molecular weight excluding hydrogens is 364 g/mol. The predicted molar refractivity (Wildman–Crippen MR) is 107 cm³/mol. The fourth-order valence-corrected chi connectivity index (χ4v) is 5.80. The number of hydrogen-bond acceptors (Lipinski definition) is 5. The number of fused-ring (bicyclic) bond motifs is 5. The SMILES string of the molecule is CSc1nnc2n(-c3ccccc3C)c(=O)c3c4c(sc3n12)CCCC4. The van der Waals surface area contributed by atoms with Crippen molar-refractivity contribution in [2.24, 2.45) is 0 Å². The summed E-state index contributed by atoms with van der Waals surface area (Å²) >= 11 is 3.30. The zero-order valence-corrected chi connectivity index (χ0v) is 16.3. The number of aromatic nitrogens is 4. The number of thiophene rings is 1. The summed E-state index contributed by atoms with van der Waals surface area (Å²) < 4.78 is 3.81. The van der Waals surface area contributed by atoms with Crippen molar-refractivity contribution in [3.05, 3.63) is 50.6 Å². The molecule has 0 atom stereocenters. The van der Waals surface area contributed by atoms with E-state index in [1.807, 2.05) is 37.4 Å². The first-order valence-electron chi connectivity index (χ1n) is 8.75. The van der Waals surface area contributed by atoms with Gasteiger partial charge in [0.1, 0.15) is 4.83 Å². The van der Waals surface area contributed by atoms with Crippen LogP contribution in [-0.2, 0) is 12.8 Å². The lowest BCUT2D eigenvalue weighted by atomic mass is 9.97. The Hall–Kier alpha value is -2.12. The van der Waals surface area contributed by atoms with E-state index in [0.29, 0.717) is 5.78 Å². The first-order chi connectivity index (χ1) is 12.7. The number of thioether (sulfide) groups is 1. The normalized spacial score (nSPS) is 14.2. The van der Waals surface area contributed by atoms with Gasteiger partial charge in [-0.05, 0) is 56.1 Å². The molecule has 5 rings (SSSR count). The summed E-state index contributed by atoms with van der Waals surface area (Å²) in [6, 6.07) is 7.96. The van der Waals surface area contributed by atoms with Gasteiger partial charge in [-0.25, -0.2) is 8.97 Å². The molecule has 1 aliphatic rings. The van der Waals surface area contributed by atoms with Crippen molar-refractivity contribution in [3.63, 3.8) is 0 Å². The van der Waals surface area contributed by atoms with Crippen molar-refractivity contribution in [1.82, 2.24) is 19.2 Å². The Bertz CT molecular complexity index is 1220. The summed E-state index contributed by atoms with van der Waals surface area (Å²) in [5.74, 6) is 0.597. The molecular formula is C19H18N4OS2. The van der Waals surface area contributed by atoms with Gasteiger partial charge in [0, 0.05) is 4.88 Å². The third kappa shape index (κ3) is 2.13. The highest BCUT2D eigenvalue weighted by Crippen LogP contribution is 2.36. The quantitative estimate of drug-likeness (QED) is 0.492. The molecule has 1 aliphatic carbocycles. The molecule has 0 N–H and O–H groups in total. The molecule has 0 saturated heterocycles. The Morgan fingerprint density at radius 1 is 1.15 bits per heavy atom. The van der Waals surface area contributed by atoms with Crippen LogP contribution in [0, 0.1) is 6.92 Å². The zero-order valence-electron chi connectivity index (χ0n) is 14.7. The second-order valence-electron chi connectivity index (χ2n) is 6.64. The van der Waals surface area contributed by atoms with Crippen LogP contribution >= 0.6 is 23.1 Å². The second-order valence-corrected chi connectivity index (χ2v) is 8.50. The highest BCUT2D eigenvalue weighted by Gasteiger charge is 2.25. The van der Waals surface area contributed by atoms with Gasteiger partial charge in [0.25, 0.3) is 5.56 Å². The minimum absolute atomic E-state index is 0.0289. The van der Waals surface area contributed by atoms with Crippen molar-refractivity contribution in [3.8, 4) is 5.69 Å². The highest BCUT2D eigenvalue weighted by molar-refractivity contribution is 7.98. The summed E-state index contributed by atoms with van der Waals surface area (Å²) in [5.41, 5.74) is 3.20. The van der Waals surface area contributed by atoms with Crippen LogP contribution in [-0.4, -0.2) is 25.4 Å². The molecule has 7 heteroatoms. The Labute approximate surface area is 158 Å². The van der Waals surface area contributed by atoms with Crippen molar-refractivity contribution < 1.29 is 0 Å². The summed E-state index contributed by atoms with van der Waals surface area (Å²) in [6.45, 7) is 2.03. The summed E-state index contributed by atoms with van der Waals surface area (Å²) in [7, 11) is 0. The molecule has 26 heavy (non-hydrogen) atoms. The molecule has 0 bridgehead atoms. The van der Waals surface area contributed by atoms with Crippen molar-refractivity contribution >= 4 is 39.1 Å². The lowest BCUT2D eigenvalue weighted by molar-refractivity contribution is 0.699. The molecule has 0 saturated carbocycles. The Morgan fingerprint density at radius 3 is 2.77 bits per heavy atom. The lowest BCUT2D eigenvalue weighted by Crippen LogP contribution is -2.23. The van der Waals surface area contributed by atoms with E-state index in [1.54, 1.807) is 27.7 Å². The molecule has 3 heterocycles. The van der Waals surface area contributed by atoms with Crippen LogP contribution in [0.1, 0.15) is 28.8 Å². The number of para-hydroxylation sites is 1. The van der Waals surface area contributed by atoms with Crippen LogP contribution < -0.4 is 5.56 Å². The Balaban J connectivity index is 2.02. The molecule has 0 amide bonds. The molecule has 3 aromatic heterocycles. The molecule has 1 aromatic carbocycles. The number of hydrogen-bond donors (Lipinski definition) is 0. The molecule has 4 aromatic rings. The van der Waals surface area contributed by atoms with E-state index in [4.69, 9.17) is 0 Å². The third-order valence-corrected chi connectivity index (χ3v) is 7.03. The smallest absolute Gasteiger partial charge is 0.268 e. The monoisotopic (exact) mass is 382 g/mol. The maximum absolute atomic E-state index is 13.6. The lowest BCUT2D eigenvalue weighted by Gasteiger charge is -2.13. The van der Waals surface area contributed by atoms with E-state index >= 15 is 0 Å². The molecule has 0 spiro atoms. The van der Waals surface area contributed by atoms with Crippen molar-refractivity contribution in [2.75, 3.05) is 6.26 Å². The fraction of sp³-hybridized carbons (Fsp3) is 0.316. The minimum atomic E-state index is 0.0289. The molecule has 0 unspecified atom stereocenters. The fourth-order valence-electron chi connectivity index (χ4n) is 3.88. The van der Waals surface area contributed by atoms with Crippen LogP contribution in [0.15, 0.2) is 34.2 Å². The van der Waals surface area contributed by atoms with Gasteiger partial charge >= 0.3 is 0 Å². The van der Waals surface area contributed by atoms with E-state index in [2.05, 4.69) is 14.6 Å². The van der Waals surface area contributed by atoms with Gasteiger partial charge in [0.05, 0.1) is 11.1 Å². The molecule has 0 fully saturated rings. The maximum Gasteiger partial charge on any atom is 0.268 e. The number of nitrogens with zero attached hydrogens (tertiary/aromatic N) is 4. The Kier molecular flexibility index (Phi) is 3.68. The van der Waals surface area contributed by atoms with E-state index in [9.17, 15) is 4.79 Å². The average molecular weight is 383 g/mol. The standard InChI is InChI=1S/C19H18N4OS2/c1-11-7-3-5-9-13(11)22-16(24)15-12-8-4-6-10-14(12)26-17(15)23-18(22)20-21-19(23)25-2/h3,5,7,9H,4,6,8,10H2,1-2H3. The summed E-state index contributed by atoms with van der Waals surface area (Å²) in [5, 5.41) is 10.4. The first-order valence-corrected chi connectivity index (χ1v) is 10.8. The minimum Gasteiger partial charge on any atom is -0.268 e. The summed E-state index contributed by atoms with van der Waals surface area (Å²) in [4.78, 5) is 16.0. The van der Waals surface area contributed by atoms with E-state index in [-0.39, 0.29) is 5.56 Å². The van der Waals surface area contributed by atoms with Crippen LogP contribution in [0.25, 0.3) is 21.7 Å². The second kappa shape index (κ2) is 5.96. The largest absolute Gasteiger partial charge is 0.268 e. The van der Waals surface area contributed by atoms with Crippen molar-refractivity contribution in [2.45, 2.75) is 37.8 Å². The summed E-state index contributed by atoms with van der Waals surface area (Å²) in [6.07, 6.45) is 6.40. The van der Waals surface area contributed by atoms with Crippen LogP contribution in [0.4, 0.5) is 0 Å². The van der Waals surface area contributed by atoms with Gasteiger partial charge in [-0.15, -0.1) is 21.5 Å². The molecule has 0 radical (unpaired) electrons. The zero-order chi connectivity index (χ0) is 17.8. The average Bonchev–Trinajstić information content (AvgIpc) is 3.24. The number of aryl methyl sites for hydroxylation is 3. The topological polar surface area (TPSA) is 52.2 Å².